The van der Waals surface area contributed by atoms with Gasteiger partial charge in [0.05, 0.1) is 27.7 Å². The summed E-state index contributed by atoms with van der Waals surface area (Å²) in [6.45, 7) is 0. The summed E-state index contributed by atoms with van der Waals surface area (Å²) in [7, 11) is 0. The number of halogens is 1. The Morgan fingerprint density at radius 1 is 1.25 bits per heavy atom. The SMILES string of the molecule is CSCC[C@@H](NC(=O)c1ccccc1Cl)c1nc2ccccc2[nH]1. The lowest BCUT2D eigenvalue weighted by atomic mass is 10.1. The van der Waals surface area contributed by atoms with Crippen LogP contribution in [-0.4, -0.2) is 27.9 Å². The molecule has 1 aromatic heterocycles. The molecular formula is C18H18ClN3OS. The predicted octanol–water partition coefficient (Wildman–Crippen LogP) is 4.44. The van der Waals surface area contributed by atoms with Gasteiger partial charge in [0.1, 0.15) is 5.82 Å². The molecule has 1 atom stereocenters. The molecule has 0 fully saturated rings. The van der Waals surface area contributed by atoms with Crippen LogP contribution in [0.2, 0.25) is 5.02 Å². The average Bonchev–Trinajstić information content (AvgIpc) is 3.02. The van der Waals surface area contributed by atoms with Gasteiger partial charge in [-0.2, -0.15) is 11.8 Å². The highest BCUT2D eigenvalue weighted by Gasteiger charge is 2.20. The second-order valence-electron chi connectivity index (χ2n) is 5.43. The number of aromatic nitrogens is 2. The van der Waals surface area contributed by atoms with E-state index in [0.29, 0.717) is 10.6 Å². The molecule has 6 heteroatoms. The smallest absolute Gasteiger partial charge is 0.253 e. The Hall–Kier alpha value is -1.98. The third-order valence-electron chi connectivity index (χ3n) is 3.77. The van der Waals surface area contributed by atoms with Crippen molar-refractivity contribution in [1.82, 2.24) is 15.3 Å². The monoisotopic (exact) mass is 359 g/mol. The Morgan fingerprint density at radius 3 is 2.75 bits per heavy atom. The lowest BCUT2D eigenvalue weighted by Gasteiger charge is -2.16. The van der Waals surface area contributed by atoms with Crippen molar-refractivity contribution >= 4 is 40.3 Å². The van der Waals surface area contributed by atoms with Crippen LogP contribution in [0.25, 0.3) is 11.0 Å². The summed E-state index contributed by atoms with van der Waals surface area (Å²) >= 11 is 7.87. The second kappa shape index (κ2) is 7.73. The molecule has 1 heterocycles. The van der Waals surface area contributed by atoms with Gasteiger partial charge >= 0.3 is 0 Å². The number of hydrogen-bond acceptors (Lipinski definition) is 3. The van der Waals surface area contributed by atoms with Crippen molar-refractivity contribution in [3.8, 4) is 0 Å². The molecule has 0 bridgehead atoms. The predicted molar refractivity (Wildman–Crippen MR) is 101 cm³/mol. The second-order valence-corrected chi connectivity index (χ2v) is 6.82. The van der Waals surface area contributed by atoms with E-state index in [2.05, 4.69) is 15.3 Å². The van der Waals surface area contributed by atoms with Gasteiger partial charge in [0.15, 0.2) is 0 Å². The van der Waals surface area contributed by atoms with E-state index >= 15 is 0 Å². The van der Waals surface area contributed by atoms with E-state index in [1.165, 1.54) is 0 Å². The molecule has 3 aromatic rings. The van der Waals surface area contributed by atoms with Crippen LogP contribution in [0.15, 0.2) is 48.5 Å². The van der Waals surface area contributed by atoms with Crippen molar-refractivity contribution in [2.45, 2.75) is 12.5 Å². The van der Waals surface area contributed by atoms with E-state index in [1.807, 2.05) is 36.6 Å². The fourth-order valence-electron chi connectivity index (χ4n) is 2.53. The maximum Gasteiger partial charge on any atom is 0.253 e. The average molecular weight is 360 g/mol. The van der Waals surface area contributed by atoms with Crippen LogP contribution in [0, 0.1) is 0 Å². The molecule has 1 amide bonds. The molecule has 0 saturated carbocycles. The third-order valence-corrected chi connectivity index (χ3v) is 4.75. The number of H-pyrrole nitrogens is 1. The number of carbonyl (C=O) groups is 1. The van der Waals surface area contributed by atoms with Gasteiger partial charge in [-0.25, -0.2) is 4.98 Å². The van der Waals surface area contributed by atoms with Crippen molar-refractivity contribution in [3.63, 3.8) is 0 Å². The number of aromatic amines is 1. The van der Waals surface area contributed by atoms with Gasteiger partial charge in [0.2, 0.25) is 0 Å². The minimum atomic E-state index is -0.188. The zero-order valence-corrected chi connectivity index (χ0v) is 14.8. The highest BCUT2D eigenvalue weighted by Crippen LogP contribution is 2.22. The molecule has 2 aromatic carbocycles. The zero-order valence-electron chi connectivity index (χ0n) is 13.3. The highest BCUT2D eigenvalue weighted by molar-refractivity contribution is 7.98. The van der Waals surface area contributed by atoms with E-state index in [-0.39, 0.29) is 11.9 Å². The van der Waals surface area contributed by atoms with E-state index in [9.17, 15) is 4.79 Å². The van der Waals surface area contributed by atoms with Crippen LogP contribution in [0.1, 0.15) is 28.6 Å². The van der Waals surface area contributed by atoms with Crippen molar-refractivity contribution in [3.05, 3.63) is 64.9 Å². The normalized spacial score (nSPS) is 12.2. The molecule has 0 saturated heterocycles. The van der Waals surface area contributed by atoms with Crippen LogP contribution in [0.5, 0.6) is 0 Å². The fourth-order valence-corrected chi connectivity index (χ4v) is 3.22. The molecule has 4 nitrogen and oxygen atoms in total. The molecule has 0 unspecified atom stereocenters. The molecule has 0 aliphatic carbocycles. The van der Waals surface area contributed by atoms with Crippen molar-refractivity contribution < 1.29 is 4.79 Å². The van der Waals surface area contributed by atoms with Crippen LogP contribution >= 0.6 is 23.4 Å². The van der Waals surface area contributed by atoms with E-state index in [4.69, 9.17) is 11.6 Å². The summed E-state index contributed by atoms with van der Waals surface area (Å²) in [4.78, 5) is 20.5. The fraction of sp³-hybridized carbons (Fsp3) is 0.222. The summed E-state index contributed by atoms with van der Waals surface area (Å²) in [5.41, 5.74) is 2.34. The maximum atomic E-state index is 12.6. The molecule has 0 aliphatic heterocycles. The summed E-state index contributed by atoms with van der Waals surface area (Å²) in [5, 5.41) is 3.50. The number of para-hydroxylation sites is 2. The molecule has 0 spiro atoms. The van der Waals surface area contributed by atoms with E-state index in [0.717, 1.165) is 29.0 Å². The van der Waals surface area contributed by atoms with Crippen molar-refractivity contribution in [1.29, 1.82) is 0 Å². The minimum absolute atomic E-state index is 0.186. The number of nitrogens with zero attached hydrogens (tertiary/aromatic N) is 1. The van der Waals surface area contributed by atoms with Gasteiger partial charge < -0.3 is 10.3 Å². The standard InChI is InChI=1S/C18H18ClN3OS/c1-24-11-10-16(17-20-14-8-4-5-9-15(14)21-17)22-18(23)12-6-2-3-7-13(12)19/h2-9,16H,10-11H2,1H3,(H,20,21)(H,22,23)/t16-/m1/s1. The van der Waals surface area contributed by atoms with Gasteiger partial charge in [0, 0.05) is 0 Å². The number of rotatable bonds is 6. The summed E-state index contributed by atoms with van der Waals surface area (Å²) < 4.78 is 0. The topological polar surface area (TPSA) is 57.8 Å². The highest BCUT2D eigenvalue weighted by atomic mass is 35.5. The van der Waals surface area contributed by atoms with Crippen LogP contribution in [-0.2, 0) is 0 Å². The number of fused-ring (bicyclic) bond motifs is 1. The summed E-state index contributed by atoms with van der Waals surface area (Å²) in [5.74, 6) is 1.50. The number of imidazole rings is 1. The third kappa shape index (κ3) is 3.74. The maximum absolute atomic E-state index is 12.6. The van der Waals surface area contributed by atoms with Gasteiger partial charge in [0.25, 0.3) is 5.91 Å². The Kier molecular flexibility index (Phi) is 5.43. The first kappa shape index (κ1) is 16.9. The molecule has 0 radical (unpaired) electrons. The molecule has 2 N–H and O–H groups in total. The number of thioether (sulfide) groups is 1. The number of amides is 1. The number of hydrogen-bond donors (Lipinski definition) is 2. The molecule has 124 valence electrons. The van der Waals surface area contributed by atoms with Crippen LogP contribution < -0.4 is 5.32 Å². The Labute approximate surface area is 150 Å². The molecule has 0 aliphatic rings. The van der Waals surface area contributed by atoms with Gasteiger partial charge in [-0.1, -0.05) is 35.9 Å². The van der Waals surface area contributed by atoms with Gasteiger partial charge in [-0.05, 0) is 42.7 Å². The number of nitrogens with one attached hydrogen (secondary N) is 2. The zero-order chi connectivity index (χ0) is 16.9. The Balaban J connectivity index is 1.86. The van der Waals surface area contributed by atoms with Crippen LogP contribution in [0.4, 0.5) is 0 Å². The first-order valence-corrected chi connectivity index (χ1v) is 9.45. The largest absolute Gasteiger partial charge is 0.342 e. The van der Waals surface area contributed by atoms with Gasteiger partial charge in [-0.15, -0.1) is 0 Å². The Bertz CT molecular complexity index is 816. The molecule has 3 rings (SSSR count). The Morgan fingerprint density at radius 2 is 2.00 bits per heavy atom. The van der Waals surface area contributed by atoms with E-state index in [1.54, 1.807) is 30.0 Å². The van der Waals surface area contributed by atoms with Crippen molar-refractivity contribution in [2.75, 3.05) is 12.0 Å². The summed E-state index contributed by atoms with van der Waals surface area (Å²) in [6.07, 6.45) is 2.84. The van der Waals surface area contributed by atoms with Gasteiger partial charge in [-0.3, -0.25) is 4.79 Å². The lowest BCUT2D eigenvalue weighted by molar-refractivity contribution is 0.0934. The molecule has 24 heavy (non-hydrogen) atoms. The quantitative estimate of drug-likeness (QED) is 0.684. The van der Waals surface area contributed by atoms with Crippen molar-refractivity contribution in [2.24, 2.45) is 0 Å². The van der Waals surface area contributed by atoms with E-state index < -0.39 is 0 Å². The lowest BCUT2D eigenvalue weighted by Crippen LogP contribution is -2.30. The first-order chi connectivity index (χ1) is 11.7. The summed E-state index contributed by atoms with van der Waals surface area (Å²) in [6, 6.07) is 14.7. The minimum Gasteiger partial charge on any atom is -0.342 e. The first-order valence-electron chi connectivity index (χ1n) is 7.68. The van der Waals surface area contributed by atoms with Crippen LogP contribution in [0.3, 0.4) is 0 Å². The number of benzene rings is 2. The number of carbonyl (C=O) groups excluding carboxylic acids is 1. The molecular weight excluding hydrogens is 342 g/mol.